The number of hydrogen-bond acceptors (Lipinski definition) is 2. The highest BCUT2D eigenvalue weighted by molar-refractivity contribution is 5.92. The predicted octanol–water partition coefficient (Wildman–Crippen LogP) is 2.80. The molecule has 3 N–H and O–H groups in total. The van der Waals surface area contributed by atoms with Gasteiger partial charge in [-0.05, 0) is 48.4 Å². The lowest BCUT2D eigenvalue weighted by Gasteiger charge is -2.20. The molecule has 0 heterocycles. The van der Waals surface area contributed by atoms with Gasteiger partial charge in [-0.2, -0.15) is 0 Å². The van der Waals surface area contributed by atoms with Crippen LogP contribution in [0.15, 0.2) is 18.2 Å². The molecule has 2 atom stereocenters. The molecule has 114 valence electrons. The number of amides is 2. The molecule has 5 nitrogen and oxygen atoms in total. The van der Waals surface area contributed by atoms with E-state index in [0.29, 0.717) is 12.1 Å². The number of urea groups is 1. The Hall–Kier alpha value is -2.04. The summed E-state index contributed by atoms with van der Waals surface area (Å²) in [6.45, 7) is 3.72. The Balaban J connectivity index is 1.99. The van der Waals surface area contributed by atoms with Gasteiger partial charge in [0.15, 0.2) is 0 Å². The van der Waals surface area contributed by atoms with Crippen LogP contribution in [0, 0.1) is 5.92 Å². The summed E-state index contributed by atoms with van der Waals surface area (Å²) in [4.78, 5) is 23.2. The molecule has 0 aliphatic heterocycles. The fourth-order valence-corrected chi connectivity index (χ4v) is 2.64. The van der Waals surface area contributed by atoms with E-state index >= 15 is 0 Å². The van der Waals surface area contributed by atoms with Crippen LogP contribution in [0.25, 0.3) is 0 Å². The number of aliphatic carboxylic acids is 1. The van der Waals surface area contributed by atoms with E-state index in [1.807, 2.05) is 32.0 Å². The maximum absolute atomic E-state index is 12.0. The maximum Gasteiger partial charge on any atom is 0.326 e. The van der Waals surface area contributed by atoms with E-state index in [4.69, 9.17) is 0 Å². The van der Waals surface area contributed by atoms with E-state index in [9.17, 15) is 14.7 Å². The fourth-order valence-electron chi connectivity index (χ4n) is 2.64. The molecule has 2 amide bonds. The fraction of sp³-hybridized carbons (Fsp3) is 0.500. The number of benzene rings is 1. The first kappa shape index (κ1) is 15.4. The van der Waals surface area contributed by atoms with Gasteiger partial charge in [-0.3, -0.25) is 0 Å². The summed E-state index contributed by atoms with van der Waals surface area (Å²) in [5, 5.41) is 14.4. The number of carbonyl (C=O) groups is 2. The van der Waals surface area contributed by atoms with Crippen molar-refractivity contribution in [1.82, 2.24) is 5.32 Å². The molecule has 0 fully saturated rings. The van der Waals surface area contributed by atoms with Crippen LogP contribution in [0.3, 0.4) is 0 Å². The molecule has 2 rings (SSSR count). The number of nitrogens with one attached hydrogen (secondary N) is 2. The van der Waals surface area contributed by atoms with Crippen molar-refractivity contribution in [2.45, 2.75) is 45.6 Å². The Morgan fingerprint density at radius 3 is 2.67 bits per heavy atom. The molecule has 0 aromatic heterocycles. The van der Waals surface area contributed by atoms with Crippen molar-refractivity contribution in [2.24, 2.45) is 5.92 Å². The summed E-state index contributed by atoms with van der Waals surface area (Å²) in [6, 6.07) is 4.52. The van der Waals surface area contributed by atoms with Gasteiger partial charge in [-0.15, -0.1) is 0 Å². The van der Waals surface area contributed by atoms with Crippen LogP contribution in [0.1, 0.15) is 37.8 Å². The lowest BCUT2D eigenvalue weighted by molar-refractivity contribution is -0.140. The van der Waals surface area contributed by atoms with Crippen LogP contribution in [0.4, 0.5) is 10.5 Å². The van der Waals surface area contributed by atoms with Crippen molar-refractivity contribution in [3.63, 3.8) is 0 Å². The molecule has 0 radical (unpaired) electrons. The zero-order valence-electron chi connectivity index (χ0n) is 12.5. The maximum atomic E-state index is 12.0. The predicted molar refractivity (Wildman–Crippen MR) is 81.5 cm³/mol. The molecule has 1 aromatic carbocycles. The van der Waals surface area contributed by atoms with Gasteiger partial charge in [-0.25, -0.2) is 9.59 Å². The number of hydrogen-bond donors (Lipinski definition) is 3. The number of rotatable bonds is 5. The third kappa shape index (κ3) is 3.74. The first-order valence-electron chi connectivity index (χ1n) is 7.43. The second-order valence-electron chi connectivity index (χ2n) is 5.64. The highest BCUT2D eigenvalue weighted by Gasteiger charge is 2.25. The van der Waals surface area contributed by atoms with Crippen molar-refractivity contribution in [2.75, 3.05) is 5.32 Å². The minimum Gasteiger partial charge on any atom is -0.480 e. The first-order chi connectivity index (χ1) is 10.0. The van der Waals surface area contributed by atoms with Gasteiger partial charge in [0.05, 0.1) is 0 Å². The third-order valence-corrected chi connectivity index (χ3v) is 4.12. The molecule has 0 saturated carbocycles. The Bertz CT molecular complexity index is 542. The summed E-state index contributed by atoms with van der Waals surface area (Å²) in [5.74, 6) is -1.12. The summed E-state index contributed by atoms with van der Waals surface area (Å²) < 4.78 is 0. The van der Waals surface area contributed by atoms with Crippen LogP contribution in [-0.4, -0.2) is 23.1 Å². The van der Waals surface area contributed by atoms with Gasteiger partial charge in [-0.1, -0.05) is 26.3 Å². The summed E-state index contributed by atoms with van der Waals surface area (Å²) in [6.07, 6.45) is 3.98. The molecule has 1 aromatic rings. The molecule has 1 aliphatic carbocycles. The Kier molecular flexibility index (Phi) is 4.83. The minimum absolute atomic E-state index is 0.117. The molecule has 0 spiro atoms. The molecular formula is C16H22N2O3. The van der Waals surface area contributed by atoms with Crippen molar-refractivity contribution >= 4 is 17.7 Å². The van der Waals surface area contributed by atoms with Crippen molar-refractivity contribution in [3.05, 3.63) is 29.3 Å². The Morgan fingerprint density at radius 1 is 1.29 bits per heavy atom. The summed E-state index contributed by atoms with van der Waals surface area (Å²) >= 11 is 0. The van der Waals surface area contributed by atoms with Crippen molar-refractivity contribution in [3.8, 4) is 0 Å². The zero-order chi connectivity index (χ0) is 15.4. The monoisotopic (exact) mass is 290 g/mol. The van der Waals surface area contributed by atoms with Gasteiger partial charge >= 0.3 is 12.0 Å². The molecule has 0 saturated heterocycles. The van der Waals surface area contributed by atoms with Gasteiger partial charge in [0.25, 0.3) is 0 Å². The molecule has 5 heteroatoms. The first-order valence-corrected chi connectivity index (χ1v) is 7.43. The molecule has 21 heavy (non-hydrogen) atoms. The highest BCUT2D eigenvalue weighted by Crippen LogP contribution is 2.24. The van der Waals surface area contributed by atoms with E-state index in [0.717, 1.165) is 19.3 Å². The summed E-state index contributed by atoms with van der Waals surface area (Å²) in [7, 11) is 0. The van der Waals surface area contributed by atoms with E-state index in [1.165, 1.54) is 11.1 Å². The van der Waals surface area contributed by atoms with E-state index in [1.54, 1.807) is 0 Å². The number of anilines is 1. The average Bonchev–Trinajstić information content (AvgIpc) is 2.91. The number of carbonyl (C=O) groups excluding carboxylic acids is 1. The Morgan fingerprint density at radius 2 is 2.00 bits per heavy atom. The number of carboxylic acid groups (broad SMARTS) is 1. The number of carboxylic acids is 1. The lowest BCUT2D eigenvalue weighted by Crippen LogP contribution is -2.46. The normalized spacial score (nSPS) is 15.9. The van der Waals surface area contributed by atoms with Crippen LogP contribution in [-0.2, 0) is 17.6 Å². The molecule has 0 bridgehead atoms. The van der Waals surface area contributed by atoms with Gasteiger partial charge in [0.2, 0.25) is 0 Å². The van der Waals surface area contributed by atoms with E-state index < -0.39 is 18.0 Å². The van der Waals surface area contributed by atoms with Crippen LogP contribution in [0.5, 0.6) is 0 Å². The standard InChI is InChI=1S/C16H22N2O3/c1-3-10(2)14(15(19)20)18-16(21)17-13-8-7-11-5-4-6-12(11)9-13/h7-10,14H,3-6H2,1-2H3,(H,19,20)(H2,17,18,21)/t10-,14-/m0/s1. The second-order valence-corrected chi connectivity index (χ2v) is 5.64. The molecular weight excluding hydrogens is 268 g/mol. The highest BCUT2D eigenvalue weighted by atomic mass is 16.4. The molecule has 0 unspecified atom stereocenters. The zero-order valence-corrected chi connectivity index (χ0v) is 12.5. The van der Waals surface area contributed by atoms with Crippen LogP contribution >= 0.6 is 0 Å². The SMILES string of the molecule is CC[C@H](C)[C@H](NC(=O)Nc1ccc2c(c1)CCC2)C(=O)O. The van der Waals surface area contributed by atoms with E-state index in [-0.39, 0.29) is 5.92 Å². The number of aryl methyl sites for hydroxylation is 2. The van der Waals surface area contributed by atoms with Gasteiger partial charge in [0.1, 0.15) is 6.04 Å². The molecule has 1 aliphatic rings. The average molecular weight is 290 g/mol. The van der Waals surface area contributed by atoms with Gasteiger partial charge < -0.3 is 15.7 Å². The number of fused-ring (bicyclic) bond motifs is 1. The smallest absolute Gasteiger partial charge is 0.326 e. The summed E-state index contributed by atoms with van der Waals surface area (Å²) in [5.41, 5.74) is 3.31. The second kappa shape index (κ2) is 6.61. The minimum atomic E-state index is -1.01. The van der Waals surface area contributed by atoms with Crippen molar-refractivity contribution < 1.29 is 14.7 Å². The van der Waals surface area contributed by atoms with Crippen LogP contribution in [0.2, 0.25) is 0 Å². The van der Waals surface area contributed by atoms with Crippen LogP contribution < -0.4 is 10.6 Å². The van der Waals surface area contributed by atoms with E-state index in [2.05, 4.69) is 10.6 Å². The third-order valence-electron chi connectivity index (χ3n) is 4.12. The quantitative estimate of drug-likeness (QED) is 0.780. The Labute approximate surface area is 124 Å². The largest absolute Gasteiger partial charge is 0.480 e. The lowest BCUT2D eigenvalue weighted by atomic mass is 9.99. The van der Waals surface area contributed by atoms with Gasteiger partial charge in [0, 0.05) is 5.69 Å². The topological polar surface area (TPSA) is 78.4 Å². The van der Waals surface area contributed by atoms with Crippen molar-refractivity contribution in [1.29, 1.82) is 0 Å².